The summed E-state index contributed by atoms with van der Waals surface area (Å²) >= 11 is 0. The molecule has 3 saturated heterocycles. The van der Waals surface area contributed by atoms with E-state index in [1.807, 2.05) is 0 Å². The van der Waals surface area contributed by atoms with E-state index in [1.165, 1.54) is 59.7 Å². The third kappa shape index (κ3) is 25.2. The Kier molecular flexibility index (Phi) is 28.6. The molecule has 0 spiro atoms. The fourth-order valence-electron chi connectivity index (χ4n) is 14.2. The highest BCUT2D eigenvalue weighted by Gasteiger charge is 2.48. The number of urea groups is 3. The van der Waals surface area contributed by atoms with Crippen LogP contribution in [0.4, 0.5) is 133 Å². The average molecular weight is 1850 g/mol. The van der Waals surface area contributed by atoms with Crippen LogP contribution in [0.25, 0.3) is 0 Å². The minimum Gasteiger partial charge on any atom is -0.478 e. The SMILES string of the molecule is Cc1cc(C(F)(F)F)cc(C2(C)CC(c3ccc(C(=O)CN4CCCN(CC(F)(F)F)C4=O)c(C(F)(F)F)c3)=NO2)c1.Cc1cc(C(F)(F)F)cc(C2(C)CC(c3ccc(C(=O)CN4CCCN(CC(F)(F)F)C4=O)c(C(F)(F)F)c3)=NO2)c1.Cc1cc(C(F)(F)F)cc(C2(C)CC(c3ccc(C(=O)O)c(C(F)(F)F)c3)=NO2)c1.NN1CCCN(CC(F)(F)F)C1=O. The van der Waals surface area contributed by atoms with Crippen LogP contribution < -0.4 is 5.84 Å². The van der Waals surface area contributed by atoms with E-state index >= 15 is 0 Å². The Morgan fingerprint density at radius 2 is 0.622 bits per heavy atom. The van der Waals surface area contributed by atoms with E-state index in [-0.39, 0.29) is 126 Å². The molecular weight excluding hydrogens is 1770 g/mol. The standard InChI is InChI=1S/2C27H24F9N3O3.C20H15F6NO3.C6H10F3N3O/c2*1-15-8-17(11-18(9-15)26(31,32)33)24(2)12-21(37-42-24)16-4-5-19(20(10-16)27(34,35)36)22(40)13-38-6-3-7-39(23(38)41)14-25(28,29)30;1-10-5-12(8-13(6-10)19(21,22)23)18(2)9-16(27-30-18)11-3-4-14(17(28)29)15(7-11)20(24,25)26;7-6(8,9)4-11-2-1-3-12(10)5(11)13/h2*4-5,8-11H,3,6-7,12-14H2,1-2H3;3-8H,9H2,1-2H3,(H,28,29);1-4,10H2. The fourth-order valence-corrected chi connectivity index (χ4v) is 14.2. The van der Waals surface area contributed by atoms with Gasteiger partial charge in [0.15, 0.2) is 28.4 Å². The van der Waals surface area contributed by atoms with Crippen LogP contribution in [0.5, 0.6) is 0 Å². The summed E-state index contributed by atoms with van der Waals surface area (Å²) in [5, 5.41) is 21.2. The molecule has 6 aliphatic rings. The number of carboxylic acid groups (broad SMARTS) is 1. The quantitative estimate of drug-likeness (QED) is 0.0400. The Morgan fingerprint density at radius 1 is 0.362 bits per heavy atom. The molecule has 0 aliphatic carbocycles. The molecule has 6 amide bonds. The molecule has 6 aromatic carbocycles. The van der Waals surface area contributed by atoms with Gasteiger partial charge in [0.25, 0.3) is 0 Å². The summed E-state index contributed by atoms with van der Waals surface area (Å²) in [4.78, 5) is 92.2. The zero-order valence-corrected chi connectivity index (χ0v) is 66.8. The molecule has 127 heavy (non-hydrogen) atoms. The van der Waals surface area contributed by atoms with Crippen LogP contribution in [-0.2, 0) is 68.4 Å². The van der Waals surface area contributed by atoms with Crippen molar-refractivity contribution < 1.29 is 167 Å². The summed E-state index contributed by atoms with van der Waals surface area (Å²) in [6.45, 7) is 2.47. The molecule has 3 fully saturated rings. The number of hydrazine groups is 1. The van der Waals surface area contributed by atoms with Gasteiger partial charge < -0.3 is 44.1 Å². The van der Waals surface area contributed by atoms with E-state index < -0.39 is 191 Å². The molecule has 6 heterocycles. The van der Waals surface area contributed by atoms with Crippen LogP contribution in [0.3, 0.4) is 0 Å². The van der Waals surface area contributed by atoms with Gasteiger partial charge in [-0.1, -0.05) is 80.7 Å². The number of nitrogens with two attached hydrogens (primary N) is 1. The third-order valence-electron chi connectivity index (χ3n) is 20.4. The van der Waals surface area contributed by atoms with Crippen molar-refractivity contribution in [2.75, 3.05) is 72.0 Å². The second-order valence-electron chi connectivity index (χ2n) is 30.8. The normalized spacial score (nSPS) is 19.9. The number of halogens is 27. The van der Waals surface area contributed by atoms with Crippen molar-refractivity contribution in [3.8, 4) is 0 Å². The Labute approximate surface area is 702 Å². The summed E-state index contributed by atoms with van der Waals surface area (Å²) in [7, 11) is 0. The second kappa shape index (κ2) is 36.6. The third-order valence-corrected chi connectivity index (χ3v) is 20.4. The molecule has 20 nitrogen and oxygen atoms in total. The van der Waals surface area contributed by atoms with Crippen LogP contribution in [0.15, 0.2) is 125 Å². The van der Waals surface area contributed by atoms with Crippen LogP contribution >= 0.6 is 0 Å². The lowest BCUT2D eigenvalue weighted by Gasteiger charge is -2.35. The summed E-state index contributed by atoms with van der Waals surface area (Å²) < 4.78 is 356. The lowest BCUT2D eigenvalue weighted by Crippen LogP contribution is -2.54. The number of nitrogens with zero attached hydrogens (tertiary/aromatic N) is 9. The number of aryl methyl sites for hydroxylation is 3. The van der Waals surface area contributed by atoms with E-state index in [1.54, 1.807) is 0 Å². The molecule has 0 saturated carbocycles. The van der Waals surface area contributed by atoms with Gasteiger partial charge in [-0.3, -0.25) is 14.6 Å². The lowest BCUT2D eigenvalue weighted by molar-refractivity contribution is -0.143. The molecule has 3 N–H and O–H groups in total. The summed E-state index contributed by atoms with van der Waals surface area (Å²) in [5.74, 6) is 1.16. The maximum absolute atomic E-state index is 14.1. The number of amides is 6. The van der Waals surface area contributed by atoms with Crippen LogP contribution in [0.2, 0.25) is 0 Å². The Hall–Kier alpha value is -11.6. The highest BCUT2D eigenvalue weighted by Crippen LogP contribution is 2.46. The van der Waals surface area contributed by atoms with Gasteiger partial charge in [-0.25, -0.2) is 25.0 Å². The first-order valence-corrected chi connectivity index (χ1v) is 37.5. The summed E-state index contributed by atoms with van der Waals surface area (Å²) in [6.07, 6.45) is -42.4. The number of rotatable bonds is 16. The van der Waals surface area contributed by atoms with Gasteiger partial charge in [-0.2, -0.15) is 119 Å². The first-order chi connectivity index (χ1) is 58.1. The monoisotopic (exact) mass is 1850 g/mol. The number of alkyl halides is 27. The van der Waals surface area contributed by atoms with E-state index in [9.17, 15) is 147 Å². The highest BCUT2D eigenvalue weighted by atomic mass is 19.4. The first kappa shape index (κ1) is 99.2. The number of hydrogen-bond donors (Lipinski definition) is 2. The lowest BCUT2D eigenvalue weighted by atomic mass is 9.86. The maximum atomic E-state index is 14.1. The number of Topliss-reactive ketones (excluding diaryl/α,β-unsaturated/α-hetero) is 2. The van der Waals surface area contributed by atoms with Gasteiger partial charge >= 0.3 is 79.6 Å². The van der Waals surface area contributed by atoms with E-state index in [2.05, 4.69) is 15.5 Å². The molecule has 0 aromatic heterocycles. The number of aromatic carboxylic acids is 1. The molecule has 0 radical (unpaired) electrons. The predicted molar refractivity (Wildman–Crippen MR) is 394 cm³/mol. The smallest absolute Gasteiger partial charge is 0.417 e. The Balaban J connectivity index is 0.000000203. The van der Waals surface area contributed by atoms with Crippen molar-refractivity contribution in [1.29, 1.82) is 0 Å². The number of benzene rings is 6. The fraction of sp³-hybridized carbons (Fsp3) is 0.438. The largest absolute Gasteiger partial charge is 0.478 e. The minimum atomic E-state index is -5.04. The van der Waals surface area contributed by atoms with Gasteiger partial charge in [-0.15, -0.1) is 0 Å². The molecule has 47 heteroatoms. The molecule has 0 bridgehead atoms. The zero-order chi connectivity index (χ0) is 95.0. The van der Waals surface area contributed by atoms with Crippen molar-refractivity contribution >= 4 is 52.8 Å². The van der Waals surface area contributed by atoms with Crippen molar-refractivity contribution in [2.45, 2.75) is 152 Å². The molecule has 12 rings (SSSR count). The Morgan fingerprint density at radius 3 is 0.890 bits per heavy atom. The van der Waals surface area contributed by atoms with Crippen molar-refractivity contribution in [3.63, 3.8) is 0 Å². The van der Waals surface area contributed by atoms with Crippen molar-refractivity contribution in [2.24, 2.45) is 21.3 Å². The van der Waals surface area contributed by atoms with Gasteiger partial charge in [0.1, 0.15) is 19.6 Å². The number of oxime groups is 3. The second-order valence-corrected chi connectivity index (χ2v) is 30.8. The van der Waals surface area contributed by atoms with Gasteiger partial charge in [0.05, 0.1) is 69.2 Å². The van der Waals surface area contributed by atoms with E-state index in [0.29, 0.717) is 51.4 Å². The average Bonchev–Trinajstić information content (AvgIpc) is 1.66. The van der Waals surface area contributed by atoms with Gasteiger partial charge in [-0.05, 0) is 138 Å². The zero-order valence-electron chi connectivity index (χ0n) is 66.8. The molecule has 3 unspecified atom stereocenters. The summed E-state index contributed by atoms with van der Waals surface area (Å²) in [6, 6.07) is 14.9. The van der Waals surface area contributed by atoms with Crippen LogP contribution in [0.1, 0.15) is 174 Å². The maximum Gasteiger partial charge on any atom is 0.417 e. The van der Waals surface area contributed by atoms with Crippen molar-refractivity contribution in [1.82, 2.24) is 29.5 Å². The topological polar surface area (TPSA) is 233 Å². The molecular formula is C80H73F27N10O10. The van der Waals surface area contributed by atoms with Gasteiger partial charge in [0, 0.05) is 86.3 Å². The first-order valence-electron chi connectivity index (χ1n) is 37.5. The van der Waals surface area contributed by atoms with Crippen LogP contribution in [-0.4, -0.2) is 178 Å². The number of hydrogen-bond acceptors (Lipinski definition) is 13. The van der Waals surface area contributed by atoms with Crippen LogP contribution in [0, 0.1) is 20.8 Å². The predicted octanol–water partition coefficient (Wildman–Crippen LogP) is 20.2. The molecule has 6 aliphatic heterocycles. The number of carboxylic acids is 1. The molecule has 3 atom stereocenters. The minimum absolute atomic E-state index is 0.00827. The molecule has 692 valence electrons. The van der Waals surface area contributed by atoms with E-state index in [0.717, 1.165) is 87.6 Å². The molecule has 6 aromatic rings. The number of ketones is 2. The highest BCUT2D eigenvalue weighted by molar-refractivity contribution is 6.07. The Bertz CT molecular complexity index is 5040. The van der Waals surface area contributed by atoms with Gasteiger partial charge in [0.2, 0.25) is 0 Å². The summed E-state index contributed by atoms with van der Waals surface area (Å²) in [5.41, 5.74) is -12.4. The van der Waals surface area contributed by atoms with E-state index in [4.69, 9.17) is 25.5 Å². The van der Waals surface area contributed by atoms with Crippen molar-refractivity contribution in [3.05, 3.63) is 209 Å². The number of carbonyl (C=O) groups is 6. The number of carbonyl (C=O) groups excluding carboxylic acids is 5.